The van der Waals surface area contributed by atoms with Gasteiger partial charge in [-0.3, -0.25) is 0 Å². The number of hydrogen-bond donors (Lipinski definition) is 0. The van der Waals surface area contributed by atoms with E-state index in [-0.39, 0.29) is 5.75 Å². The van der Waals surface area contributed by atoms with Crippen molar-refractivity contribution in [3.8, 4) is 5.75 Å². The van der Waals surface area contributed by atoms with Crippen LogP contribution in [0.25, 0.3) is 17.0 Å². The molecule has 2 nitrogen and oxygen atoms in total. The third-order valence-electron chi connectivity index (χ3n) is 3.53. The Labute approximate surface area is 152 Å². The number of aromatic nitrogens is 1. The summed E-state index contributed by atoms with van der Waals surface area (Å²) in [7, 11) is 0. The Hall–Kier alpha value is -2.11. The van der Waals surface area contributed by atoms with Crippen LogP contribution in [0.15, 0.2) is 54.7 Å². The zero-order valence-electron chi connectivity index (χ0n) is 12.7. The van der Waals surface area contributed by atoms with E-state index in [9.17, 15) is 13.2 Å². The van der Waals surface area contributed by atoms with E-state index in [1.165, 1.54) is 12.1 Å². The topological polar surface area (TPSA) is 14.2 Å². The number of allylic oxidation sites excluding steroid dienone is 1. The Morgan fingerprint density at radius 1 is 1.00 bits per heavy atom. The summed E-state index contributed by atoms with van der Waals surface area (Å²) in [5.41, 5.74) is 1.72. The van der Waals surface area contributed by atoms with E-state index in [1.54, 1.807) is 30.5 Å². The van der Waals surface area contributed by atoms with Gasteiger partial charge in [0.2, 0.25) is 0 Å². The molecule has 7 heteroatoms. The normalized spacial score (nSPS) is 12.2. The van der Waals surface area contributed by atoms with Crippen LogP contribution in [0.1, 0.15) is 5.56 Å². The van der Waals surface area contributed by atoms with Crippen molar-refractivity contribution < 1.29 is 17.9 Å². The van der Waals surface area contributed by atoms with Gasteiger partial charge in [-0.2, -0.15) is 0 Å². The molecular weight excluding hydrogens is 374 g/mol. The highest BCUT2D eigenvalue weighted by molar-refractivity contribution is 6.42. The maximum atomic E-state index is 12.3. The molecule has 0 aliphatic carbocycles. The minimum absolute atomic E-state index is 0.232. The zero-order valence-corrected chi connectivity index (χ0v) is 14.2. The van der Waals surface area contributed by atoms with E-state index in [0.29, 0.717) is 22.0 Å². The quantitative estimate of drug-likeness (QED) is 0.495. The molecule has 0 fully saturated rings. The van der Waals surface area contributed by atoms with Crippen LogP contribution in [0, 0.1) is 0 Å². The first kappa shape index (κ1) is 17.7. The molecule has 0 amide bonds. The molecule has 1 heterocycles. The summed E-state index contributed by atoms with van der Waals surface area (Å²) in [6.07, 6.45) is 0.939. The molecule has 0 atom stereocenters. The number of hydrogen-bond acceptors (Lipinski definition) is 1. The largest absolute Gasteiger partial charge is 0.573 e. The Morgan fingerprint density at radius 3 is 2.52 bits per heavy atom. The Bertz CT molecular complexity index is 932. The van der Waals surface area contributed by atoms with E-state index in [4.69, 9.17) is 23.2 Å². The molecule has 0 unspecified atom stereocenters. The Balaban J connectivity index is 1.75. The van der Waals surface area contributed by atoms with Crippen LogP contribution in [-0.2, 0) is 6.54 Å². The lowest BCUT2D eigenvalue weighted by molar-refractivity contribution is -0.274. The second-order valence-corrected chi connectivity index (χ2v) is 6.13. The van der Waals surface area contributed by atoms with E-state index < -0.39 is 6.36 Å². The second kappa shape index (κ2) is 7.02. The fraction of sp³-hybridized carbons (Fsp3) is 0.111. The first-order valence-electron chi connectivity index (χ1n) is 7.28. The van der Waals surface area contributed by atoms with Crippen LogP contribution in [0.4, 0.5) is 13.2 Å². The maximum Gasteiger partial charge on any atom is 0.573 e. The number of fused-ring (bicyclic) bond motifs is 1. The van der Waals surface area contributed by atoms with Crippen LogP contribution >= 0.6 is 23.2 Å². The van der Waals surface area contributed by atoms with Crippen molar-refractivity contribution in [3.05, 3.63) is 70.3 Å². The van der Waals surface area contributed by atoms with E-state index >= 15 is 0 Å². The van der Waals surface area contributed by atoms with Gasteiger partial charge in [-0.1, -0.05) is 41.4 Å². The molecule has 1 aromatic heterocycles. The van der Waals surface area contributed by atoms with Crippen LogP contribution in [0.5, 0.6) is 5.75 Å². The predicted molar refractivity (Wildman–Crippen MR) is 94.1 cm³/mol. The molecule has 0 bridgehead atoms. The number of benzene rings is 2. The molecule has 0 saturated carbocycles. The van der Waals surface area contributed by atoms with Crippen molar-refractivity contribution in [2.45, 2.75) is 12.9 Å². The maximum absolute atomic E-state index is 12.3. The first-order chi connectivity index (χ1) is 11.8. The SMILES string of the molecule is FC(F)(F)Oc1ccc2c(ccn2C/C=C/c2ccc(Cl)c(Cl)c2)c1. The molecule has 0 radical (unpaired) electrons. The van der Waals surface area contributed by atoms with Crippen molar-refractivity contribution in [3.63, 3.8) is 0 Å². The highest BCUT2D eigenvalue weighted by Crippen LogP contribution is 2.27. The van der Waals surface area contributed by atoms with Gasteiger partial charge in [0.1, 0.15) is 5.75 Å². The molecule has 0 saturated heterocycles. The van der Waals surface area contributed by atoms with Gasteiger partial charge in [0.05, 0.1) is 10.0 Å². The average Bonchev–Trinajstić information content (AvgIpc) is 2.92. The summed E-state index contributed by atoms with van der Waals surface area (Å²) < 4.78 is 42.7. The molecule has 25 heavy (non-hydrogen) atoms. The van der Waals surface area contributed by atoms with Crippen molar-refractivity contribution in [1.82, 2.24) is 4.57 Å². The highest BCUT2D eigenvalue weighted by atomic mass is 35.5. The van der Waals surface area contributed by atoms with Gasteiger partial charge in [0, 0.05) is 23.6 Å². The summed E-state index contributed by atoms with van der Waals surface area (Å²) >= 11 is 11.8. The fourth-order valence-electron chi connectivity index (χ4n) is 2.45. The molecule has 0 aliphatic rings. The van der Waals surface area contributed by atoms with Crippen molar-refractivity contribution in [2.24, 2.45) is 0 Å². The molecule has 2 aromatic carbocycles. The lowest BCUT2D eigenvalue weighted by Gasteiger charge is -2.09. The van der Waals surface area contributed by atoms with E-state index in [1.807, 2.05) is 22.8 Å². The van der Waals surface area contributed by atoms with Gasteiger partial charge in [0.15, 0.2) is 0 Å². The zero-order chi connectivity index (χ0) is 18.0. The summed E-state index contributed by atoms with van der Waals surface area (Å²) in [5.74, 6) is -0.232. The van der Waals surface area contributed by atoms with Gasteiger partial charge in [0.25, 0.3) is 0 Å². The number of halogens is 5. The molecule has 3 rings (SSSR count). The number of rotatable bonds is 4. The minimum atomic E-state index is -4.70. The predicted octanol–water partition coefficient (Wildman–Crippen LogP) is 6.56. The minimum Gasteiger partial charge on any atom is -0.406 e. The Kier molecular flexibility index (Phi) is 4.97. The monoisotopic (exact) mass is 385 g/mol. The summed E-state index contributed by atoms with van der Waals surface area (Å²) in [6, 6.07) is 11.3. The summed E-state index contributed by atoms with van der Waals surface area (Å²) in [6.45, 7) is 0.559. The van der Waals surface area contributed by atoms with Gasteiger partial charge in [-0.15, -0.1) is 13.2 Å². The molecule has 0 aliphatic heterocycles. The van der Waals surface area contributed by atoms with Crippen LogP contribution in [0.3, 0.4) is 0 Å². The summed E-state index contributed by atoms with van der Waals surface area (Å²) in [5, 5.41) is 1.64. The van der Waals surface area contributed by atoms with Crippen LogP contribution < -0.4 is 4.74 Å². The van der Waals surface area contributed by atoms with Gasteiger partial charge < -0.3 is 9.30 Å². The van der Waals surface area contributed by atoms with Crippen molar-refractivity contribution in [1.29, 1.82) is 0 Å². The summed E-state index contributed by atoms with van der Waals surface area (Å²) in [4.78, 5) is 0. The molecule has 0 spiro atoms. The molecule has 130 valence electrons. The smallest absolute Gasteiger partial charge is 0.406 e. The third kappa shape index (κ3) is 4.50. The van der Waals surface area contributed by atoms with Crippen LogP contribution in [-0.4, -0.2) is 10.9 Å². The van der Waals surface area contributed by atoms with Crippen molar-refractivity contribution >= 4 is 40.2 Å². The third-order valence-corrected chi connectivity index (χ3v) is 4.27. The van der Waals surface area contributed by atoms with E-state index in [2.05, 4.69) is 4.74 Å². The van der Waals surface area contributed by atoms with Crippen LogP contribution in [0.2, 0.25) is 10.0 Å². The molecule has 0 N–H and O–H groups in total. The fourth-order valence-corrected chi connectivity index (χ4v) is 2.76. The number of nitrogens with zero attached hydrogens (tertiary/aromatic N) is 1. The second-order valence-electron chi connectivity index (χ2n) is 5.31. The standard InChI is InChI=1S/C18H12Cl2F3NO/c19-15-5-3-12(10-16(15)20)2-1-8-24-9-7-13-11-14(4-6-17(13)24)25-18(21,22)23/h1-7,9-11H,8H2/b2-1+. The lowest BCUT2D eigenvalue weighted by atomic mass is 10.2. The molecule has 3 aromatic rings. The lowest BCUT2D eigenvalue weighted by Crippen LogP contribution is -2.16. The van der Waals surface area contributed by atoms with E-state index in [0.717, 1.165) is 11.1 Å². The molecular formula is C18H12Cl2F3NO. The first-order valence-corrected chi connectivity index (χ1v) is 8.04. The van der Waals surface area contributed by atoms with Crippen molar-refractivity contribution in [2.75, 3.05) is 0 Å². The number of alkyl halides is 3. The average molecular weight is 386 g/mol. The number of ether oxygens (including phenoxy) is 1. The highest BCUT2D eigenvalue weighted by Gasteiger charge is 2.31. The Morgan fingerprint density at radius 2 is 1.80 bits per heavy atom. The van der Waals surface area contributed by atoms with Gasteiger partial charge in [-0.25, -0.2) is 0 Å². The van der Waals surface area contributed by atoms with Gasteiger partial charge in [-0.05, 0) is 42.0 Å². The van der Waals surface area contributed by atoms with Gasteiger partial charge >= 0.3 is 6.36 Å².